The number of esters is 1. The highest BCUT2D eigenvalue weighted by atomic mass is 16.5. The number of rotatable bonds is 2. The van der Waals surface area contributed by atoms with E-state index < -0.39 is 0 Å². The number of likely N-dealkylation sites (tertiary alicyclic amines) is 1. The Bertz CT molecular complexity index is 230. The van der Waals surface area contributed by atoms with Crippen molar-refractivity contribution in [2.45, 2.75) is 58.0 Å². The normalized spacial score (nSPS) is 24.9. The monoisotopic (exact) mass is 213 g/mol. The number of hydrogen-bond acceptors (Lipinski definition) is 3. The van der Waals surface area contributed by atoms with E-state index in [1.807, 2.05) is 0 Å². The molecule has 1 aliphatic rings. The molecule has 0 aromatic carbocycles. The molecule has 1 rings (SSSR count). The van der Waals surface area contributed by atoms with Gasteiger partial charge in [0.25, 0.3) is 0 Å². The van der Waals surface area contributed by atoms with Crippen molar-refractivity contribution in [2.24, 2.45) is 0 Å². The number of hydrogen-bond donors (Lipinski definition) is 0. The summed E-state index contributed by atoms with van der Waals surface area (Å²) in [7, 11) is 1.45. The largest absolute Gasteiger partial charge is 0.468 e. The molecule has 3 heteroatoms. The predicted octanol–water partition coefficient (Wildman–Crippen LogP) is 2.20. The second-order valence-corrected chi connectivity index (χ2v) is 5.64. The Morgan fingerprint density at radius 1 is 1.20 bits per heavy atom. The second kappa shape index (κ2) is 4.12. The molecule has 0 aromatic rings. The van der Waals surface area contributed by atoms with Gasteiger partial charge < -0.3 is 4.74 Å². The molecular weight excluding hydrogens is 190 g/mol. The third kappa shape index (κ3) is 2.71. The lowest BCUT2D eigenvalue weighted by Gasteiger charge is -2.52. The van der Waals surface area contributed by atoms with Gasteiger partial charge in [0.15, 0.2) is 0 Å². The molecule has 0 atom stereocenters. The third-order valence-corrected chi connectivity index (χ3v) is 3.55. The smallest absolute Gasteiger partial charge is 0.319 e. The van der Waals surface area contributed by atoms with Gasteiger partial charge in [-0.05, 0) is 47.0 Å². The zero-order chi connectivity index (χ0) is 11.7. The summed E-state index contributed by atoms with van der Waals surface area (Å²) in [6.45, 7) is 9.22. The number of nitrogens with zero attached hydrogens (tertiary/aromatic N) is 1. The van der Waals surface area contributed by atoms with Gasteiger partial charge in [0.1, 0.15) is 0 Å². The minimum Gasteiger partial charge on any atom is -0.468 e. The van der Waals surface area contributed by atoms with Gasteiger partial charge in [0, 0.05) is 11.1 Å². The van der Waals surface area contributed by atoms with Crippen LogP contribution in [0.4, 0.5) is 0 Å². The van der Waals surface area contributed by atoms with Crippen LogP contribution in [0.2, 0.25) is 0 Å². The van der Waals surface area contributed by atoms with Gasteiger partial charge in [0.2, 0.25) is 0 Å². The van der Waals surface area contributed by atoms with Crippen LogP contribution < -0.4 is 0 Å². The molecule has 0 radical (unpaired) electrons. The van der Waals surface area contributed by atoms with E-state index in [0.717, 1.165) is 12.8 Å². The van der Waals surface area contributed by atoms with Crippen LogP contribution in [0, 0.1) is 0 Å². The summed E-state index contributed by atoms with van der Waals surface area (Å²) in [5, 5.41) is 0. The first kappa shape index (κ1) is 12.5. The summed E-state index contributed by atoms with van der Waals surface area (Å²) in [5.41, 5.74) is 0.186. The van der Waals surface area contributed by atoms with Crippen LogP contribution in [0.1, 0.15) is 47.0 Å². The lowest BCUT2D eigenvalue weighted by atomic mass is 9.80. The summed E-state index contributed by atoms with van der Waals surface area (Å²) in [4.78, 5) is 13.7. The molecule has 15 heavy (non-hydrogen) atoms. The Kier molecular flexibility index (Phi) is 3.44. The highest BCUT2D eigenvalue weighted by molar-refractivity contribution is 5.71. The molecule has 0 saturated carbocycles. The van der Waals surface area contributed by atoms with Crippen LogP contribution in [-0.2, 0) is 9.53 Å². The lowest BCUT2D eigenvalue weighted by molar-refractivity contribution is -0.148. The van der Waals surface area contributed by atoms with Crippen LogP contribution in [0.25, 0.3) is 0 Å². The fraction of sp³-hybridized carbons (Fsp3) is 0.917. The van der Waals surface area contributed by atoms with E-state index in [1.165, 1.54) is 13.5 Å². The fourth-order valence-electron chi connectivity index (χ4n) is 2.66. The average molecular weight is 213 g/mol. The highest BCUT2D eigenvalue weighted by Crippen LogP contribution is 2.37. The van der Waals surface area contributed by atoms with Crippen molar-refractivity contribution < 1.29 is 9.53 Å². The molecule has 1 saturated heterocycles. The predicted molar refractivity (Wildman–Crippen MR) is 60.7 cm³/mol. The van der Waals surface area contributed by atoms with E-state index in [0.29, 0.717) is 6.54 Å². The standard InChI is InChI=1S/C12H23NO2/c1-11(2)7-6-8-12(3,4)13(11)9-10(14)15-5/h6-9H2,1-5H3. The van der Waals surface area contributed by atoms with Gasteiger partial charge in [-0.2, -0.15) is 0 Å². The minimum atomic E-state index is -0.141. The first-order chi connectivity index (χ1) is 6.79. The van der Waals surface area contributed by atoms with E-state index in [2.05, 4.69) is 32.6 Å². The van der Waals surface area contributed by atoms with Crippen LogP contribution in [0.5, 0.6) is 0 Å². The Balaban J connectivity index is 2.81. The molecule has 0 unspecified atom stereocenters. The van der Waals surface area contributed by atoms with Crippen LogP contribution in [-0.4, -0.2) is 35.6 Å². The Labute approximate surface area is 92.8 Å². The summed E-state index contributed by atoms with van der Waals surface area (Å²) < 4.78 is 4.76. The van der Waals surface area contributed by atoms with Crippen molar-refractivity contribution in [3.8, 4) is 0 Å². The Morgan fingerprint density at radius 2 is 1.67 bits per heavy atom. The summed E-state index contributed by atoms with van der Waals surface area (Å²) >= 11 is 0. The number of ether oxygens (including phenoxy) is 1. The van der Waals surface area contributed by atoms with Gasteiger partial charge >= 0.3 is 5.97 Å². The minimum absolute atomic E-state index is 0.0932. The molecule has 0 aliphatic carbocycles. The van der Waals surface area contributed by atoms with Crippen molar-refractivity contribution in [3.63, 3.8) is 0 Å². The zero-order valence-electron chi connectivity index (χ0n) is 10.6. The maximum atomic E-state index is 11.4. The molecule has 0 spiro atoms. The first-order valence-corrected chi connectivity index (χ1v) is 5.64. The maximum Gasteiger partial charge on any atom is 0.319 e. The highest BCUT2D eigenvalue weighted by Gasteiger charge is 2.42. The molecule has 1 aliphatic heterocycles. The van der Waals surface area contributed by atoms with E-state index in [4.69, 9.17) is 4.74 Å². The number of piperidine rings is 1. The van der Waals surface area contributed by atoms with Crippen molar-refractivity contribution in [1.29, 1.82) is 0 Å². The van der Waals surface area contributed by atoms with E-state index in [9.17, 15) is 4.79 Å². The SMILES string of the molecule is COC(=O)CN1C(C)(C)CCCC1(C)C. The van der Waals surface area contributed by atoms with Crippen LogP contribution in [0.3, 0.4) is 0 Å². The average Bonchev–Trinajstić information content (AvgIpc) is 2.10. The van der Waals surface area contributed by atoms with Crippen molar-refractivity contribution >= 4 is 5.97 Å². The second-order valence-electron chi connectivity index (χ2n) is 5.64. The summed E-state index contributed by atoms with van der Waals surface area (Å²) in [6.07, 6.45) is 3.53. The number of carbonyl (C=O) groups excluding carboxylic acids is 1. The van der Waals surface area contributed by atoms with Crippen LogP contribution in [0.15, 0.2) is 0 Å². The lowest BCUT2D eigenvalue weighted by Crippen LogP contribution is -2.60. The van der Waals surface area contributed by atoms with Gasteiger partial charge in [0.05, 0.1) is 13.7 Å². The molecule has 1 heterocycles. The van der Waals surface area contributed by atoms with Crippen LogP contribution >= 0.6 is 0 Å². The molecule has 0 aromatic heterocycles. The quantitative estimate of drug-likeness (QED) is 0.659. The van der Waals surface area contributed by atoms with Crippen molar-refractivity contribution in [3.05, 3.63) is 0 Å². The number of methoxy groups -OCH3 is 1. The van der Waals surface area contributed by atoms with Crippen molar-refractivity contribution in [2.75, 3.05) is 13.7 Å². The summed E-state index contributed by atoms with van der Waals surface area (Å²) in [6, 6.07) is 0. The molecule has 0 N–H and O–H groups in total. The third-order valence-electron chi connectivity index (χ3n) is 3.55. The van der Waals surface area contributed by atoms with Crippen molar-refractivity contribution in [1.82, 2.24) is 4.90 Å². The number of carbonyl (C=O) groups is 1. The Morgan fingerprint density at radius 3 is 2.07 bits per heavy atom. The van der Waals surface area contributed by atoms with Gasteiger partial charge in [-0.15, -0.1) is 0 Å². The summed E-state index contributed by atoms with van der Waals surface area (Å²) in [5.74, 6) is -0.141. The molecule has 0 amide bonds. The Hall–Kier alpha value is -0.570. The van der Waals surface area contributed by atoms with Gasteiger partial charge in [-0.1, -0.05) is 0 Å². The fourth-order valence-corrected chi connectivity index (χ4v) is 2.66. The van der Waals surface area contributed by atoms with Gasteiger partial charge in [-0.25, -0.2) is 0 Å². The molecule has 1 fully saturated rings. The van der Waals surface area contributed by atoms with Gasteiger partial charge in [-0.3, -0.25) is 9.69 Å². The first-order valence-electron chi connectivity index (χ1n) is 5.64. The molecule has 3 nitrogen and oxygen atoms in total. The molecule has 0 bridgehead atoms. The molecule has 88 valence electrons. The molecular formula is C12H23NO2. The zero-order valence-corrected chi connectivity index (χ0v) is 10.6. The topological polar surface area (TPSA) is 29.5 Å². The maximum absolute atomic E-state index is 11.4. The van der Waals surface area contributed by atoms with E-state index in [1.54, 1.807) is 0 Å². The van der Waals surface area contributed by atoms with E-state index >= 15 is 0 Å². The van der Waals surface area contributed by atoms with E-state index in [-0.39, 0.29) is 17.0 Å².